The molecule has 0 aliphatic carbocycles. The van der Waals surface area contributed by atoms with Gasteiger partial charge in [0.05, 0.1) is 7.11 Å². The molecule has 1 atom stereocenters. The van der Waals surface area contributed by atoms with E-state index in [0.29, 0.717) is 26.1 Å². The molecule has 0 bridgehead atoms. The number of carbonyl (C=O) groups is 1. The van der Waals surface area contributed by atoms with Gasteiger partial charge in [0.15, 0.2) is 0 Å². The molecule has 0 spiro atoms. The lowest BCUT2D eigenvalue weighted by atomic mass is 9.92. The van der Waals surface area contributed by atoms with Crippen molar-refractivity contribution in [3.05, 3.63) is 0 Å². The van der Waals surface area contributed by atoms with Crippen LogP contribution in [0, 0.1) is 0 Å². The molecule has 1 unspecified atom stereocenters. The molecule has 78 valence electrons. The molecule has 1 heterocycles. The van der Waals surface area contributed by atoms with Crippen LogP contribution in [0.5, 0.6) is 0 Å². The average Bonchev–Trinajstić information content (AvgIpc) is 2.29. The summed E-state index contributed by atoms with van der Waals surface area (Å²) in [4.78, 5) is 11.2. The van der Waals surface area contributed by atoms with Crippen molar-refractivity contribution in [2.24, 2.45) is 5.73 Å². The van der Waals surface area contributed by atoms with E-state index >= 15 is 0 Å². The zero-order chi connectivity index (χ0) is 9.03. The van der Waals surface area contributed by atoms with Crippen LogP contribution in [0.2, 0.25) is 0 Å². The van der Waals surface area contributed by atoms with Gasteiger partial charge in [0, 0.05) is 13.2 Å². The molecule has 0 saturated carbocycles. The second kappa shape index (κ2) is 5.42. The molecule has 1 saturated heterocycles. The smallest absolute Gasteiger partial charge is 0.325 e. The molecule has 1 fully saturated rings. The molecule has 13 heavy (non-hydrogen) atoms. The second-order valence-corrected chi connectivity index (χ2v) is 3.11. The summed E-state index contributed by atoms with van der Waals surface area (Å²) >= 11 is 0. The Morgan fingerprint density at radius 2 is 2.15 bits per heavy atom. The van der Waals surface area contributed by atoms with Gasteiger partial charge in [-0.1, -0.05) is 0 Å². The first-order chi connectivity index (χ1) is 5.69. The topological polar surface area (TPSA) is 61.5 Å². The van der Waals surface area contributed by atoms with Gasteiger partial charge in [-0.05, 0) is 19.3 Å². The lowest BCUT2D eigenvalue weighted by molar-refractivity contribution is -0.147. The third kappa shape index (κ3) is 3.14. The molecular weight excluding hydrogens is 194 g/mol. The molecule has 0 aromatic rings. The lowest BCUT2D eigenvalue weighted by Crippen LogP contribution is -2.48. The summed E-state index contributed by atoms with van der Waals surface area (Å²) in [6.07, 6.45) is 2.03. The average molecular weight is 210 g/mol. The minimum Gasteiger partial charge on any atom is -0.468 e. The molecule has 0 aromatic carbocycles. The van der Waals surface area contributed by atoms with Gasteiger partial charge >= 0.3 is 5.97 Å². The third-order valence-corrected chi connectivity index (χ3v) is 2.20. The maximum atomic E-state index is 11.2. The molecule has 0 aromatic heterocycles. The van der Waals surface area contributed by atoms with Crippen molar-refractivity contribution in [3.63, 3.8) is 0 Å². The molecule has 1 aliphatic rings. The Hall–Kier alpha value is -0.320. The van der Waals surface area contributed by atoms with E-state index < -0.39 is 5.54 Å². The highest BCUT2D eigenvalue weighted by Crippen LogP contribution is 2.19. The summed E-state index contributed by atoms with van der Waals surface area (Å²) in [6, 6.07) is 0. The Balaban J connectivity index is 0.00000144. The van der Waals surface area contributed by atoms with Crippen molar-refractivity contribution in [3.8, 4) is 0 Å². The minimum absolute atomic E-state index is 0. The number of hydrogen-bond acceptors (Lipinski definition) is 4. The van der Waals surface area contributed by atoms with Crippen molar-refractivity contribution in [2.75, 3.05) is 20.3 Å². The first-order valence-electron chi connectivity index (χ1n) is 4.14. The summed E-state index contributed by atoms with van der Waals surface area (Å²) in [5, 5.41) is 0. The Bertz CT molecular complexity index is 167. The van der Waals surface area contributed by atoms with E-state index in [2.05, 4.69) is 4.74 Å². The van der Waals surface area contributed by atoms with Gasteiger partial charge in [-0.3, -0.25) is 4.79 Å². The summed E-state index contributed by atoms with van der Waals surface area (Å²) in [6.45, 7) is 1.24. The monoisotopic (exact) mass is 209 g/mol. The molecular formula is C8H16ClNO3. The van der Waals surface area contributed by atoms with Gasteiger partial charge in [0.1, 0.15) is 5.54 Å². The van der Waals surface area contributed by atoms with Crippen LogP contribution in [0.4, 0.5) is 0 Å². The normalized spacial score (nSPS) is 28.5. The molecule has 2 N–H and O–H groups in total. The number of nitrogens with two attached hydrogens (primary N) is 1. The van der Waals surface area contributed by atoms with E-state index in [1.165, 1.54) is 7.11 Å². The number of rotatable bonds is 1. The standard InChI is InChI=1S/C8H15NO3.ClH/c1-11-7(10)8(9)3-2-5-12-6-4-8;/h2-6,9H2,1H3;1H. The summed E-state index contributed by atoms with van der Waals surface area (Å²) < 4.78 is 9.83. The fourth-order valence-corrected chi connectivity index (χ4v) is 1.38. The Labute approximate surface area is 84.2 Å². The summed E-state index contributed by atoms with van der Waals surface area (Å²) in [5.41, 5.74) is 5.04. The predicted octanol–water partition coefficient (Wildman–Crippen LogP) is 0.479. The van der Waals surface area contributed by atoms with Gasteiger partial charge < -0.3 is 15.2 Å². The first kappa shape index (κ1) is 12.7. The van der Waals surface area contributed by atoms with E-state index in [0.717, 1.165) is 6.42 Å². The van der Waals surface area contributed by atoms with Gasteiger partial charge in [-0.2, -0.15) is 0 Å². The fraction of sp³-hybridized carbons (Fsp3) is 0.875. The van der Waals surface area contributed by atoms with Crippen LogP contribution >= 0.6 is 12.4 Å². The van der Waals surface area contributed by atoms with E-state index in [1.54, 1.807) is 0 Å². The predicted molar refractivity (Wildman–Crippen MR) is 50.9 cm³/mol. The highest BCUT2D eigenvalue weighted by Gasteiger charge is 2.35. The molecule has 0 radical (unpaired) electrons. The second-order valence-electron chi connectivity index (χ2n) is 3.11. The maximum absolute atomic E-state index is 11.2. The largest absolute Gasteiger partial charge is 0.468 e. The Morgan fingerprint density at radius 3 is 2.77 bits per heavy atom. The van der Waals surface area contributed by atoms with E-state index in [-0.39, 0.29) is 18.4 Å². The molecule has 1 aliphatic heterocycles. The van der Waals surface area contributed by atoms with Crippen molar-refractivity contribution in [1.29, 1.82) is 0 Å². The van der Waals surface area contributed by atoms with E-state index in [4.69, 9.17) is 10.5 Å². The zero-order valence-corrected chi connectivity index (χ0v) is 8.56. The van der Waals surface area contributed by atoms with Crippen LogP contribution in [-0.4, -0.2) is 31.8 Å². The van der Waals surface area contributed by atoms with Crippen LogP contribution in [0.3, 0.4) is 0 Å². The lowest BCUT2D eigenvalue weighted by Gasteiger charge is -2.23. The number of ether oxygens (including phenoxy) is 2. The number of halogens is 1. The zero-order valence-electron chi connectivity index (χ0n) is 7.75. The van der Waals surface area contributed by atoms with Gasteiger partial charge in [-0.15, -0.1) is 12.4 Å². The summed E-state index contributed by atoms with van der Waals surface area (Å²) in [7, 11) is 1.36. The van der Waals surface area contributed by atoms with Crippen molar-refractivity contribution >= 4 is 18.4 Å². The Morgan fingerprint density at radius 1 is 1.46 bits per heavy atom. The van der Waals surface area contributed by atoms with Crippen molar-refractivity contribution < 1.29 is 14.3 Å². The number of methoxy groups -OCH3 is 1. The maximum Gasteiger partial charge on any atom is 0.325 e. The highest BCUT2D eigenvalue weighted by atomic mass is 35.5. The first-order valence-corrected chi connectivity index (χ1v) is 4.14. The fourth-order valence-electron chi connectivity index (χ4n) is 1.38. The summed E-state index contributed by atoms with van der Waals surface area (Å²) in [5.74, 6) is -0.326. The van der Waals surface area contributed by atoms with Crippen LogP contribution in [0.25, 0.3) is 0 Å². The van der Waals surface area contributed by atoms with Gasteiger partial charge in [-0.25, -0.2) is 0 Å². The highest BCUT2D eigenvalue weighted by molar-refractivity contribution is 5.85. The van der Waals surface area contributed by atoms with Crippen LogP contribution < -0.4 is 5.73 Å². The molecule has 1 rings (SSSR count). The number of esters is 1. The van der Waals surface area contributed by atoms with Crippen LogP contribution in [-0.2, 0) is 14.3 Å². The van der Waals surface area contributed by atoms with Gasteiger partial charge in [0.2, 0.25) is 0 Å². The quantitative estimate of drug-likeness (QED) is 0.639. The number of carbonyl (C=O) groups excluding carboxylic acids is 1. The van der Waals surface area contributed by atoms with Crippen LogP contribution in [0.15, 0.2) is 0 Å². The van der Waals surface area contributed by atoms with Crippen molar-refractivity contribution in [1.82, 2.24) is 0 Å². The third-order valence-electron chi connectivity index (χ3n) is 2.20. The molecule has 5 heteroatoms. The molecule has 4 nitrogen and oxygen atoms in total. The van der Waals surface area contributed by atoms with E-state index in [1.807, 2.05) is 0 Å². The molecule has 0 amide bonds. The SMILES string of the molecule is COC(=O)C1(N)CCCOCC1.Cl. The van der Waals surface area contributed by atoms with Crippen LogP contribution in [0.1, 0.15) is 19.3 Å². The van der Waals surface area contributed by atoms with Gasteiger partial charge in [0.25, 0.3) is 0 Å². The van der Waals surface area contributed by atoms with Crippen molar-refractivity contribution in [2.45, 2.75) is 24.8 Å². The number of hydrogen-bond donors (Lipinski definition) is 1. The van der Waals surface area contributed by atoms with E-state index in [9.17, 15) is 4.79 Å². The Kier molecular flexibility index (Phi) is 5.29. The minimum atomic E-state index is -0.814.